The van der Waals surface area contributed by atoms with Gasteiger partial charge in [0.2, 0.25) is 0 Å². The summed E-state index contributed by atoms with van der Waals surface area (Å²) in [6, 6.07) is 8.48. The van der Waals surface area contributed by atoms with Gasteiger partial charge in [-0.2, -0.15) is 0 Å². The number of hydrogen-bond acceptors (Lipinski definition) is 5. The fourth-order valence-corrected chi connectivity index (χ4v) is 4.65. The lowest BCUT2D eigenvalue weighted by molar-refractivity contribution is -0.858. The molecule has 0 aliphatic carbocycles. The largest absolute Gasteiger partial charge is 0.544 e. The Morgan fingerprint density at radius 3 is 2.53 bits per heavy atom. The number of carbonyl (C=O) groups is 3. The number of carboxylic acid groups (broad SMARTS) is 1. The minimum Gasteiger partial charge on any atom is -0.544 e. The molecule has 30 heavy (non-hydrogen) atoms. The van der Waals surface area contributed by atoms with E-state index in [1.807, 2.05) is 44.2 Å². The monoisotopic (exact) mass is 410 g/mol. The number of para-hydroxylation sites is 1. The van der Waals surface area contributed by atoms with Gasteiger partial charge in [0, 0.05) is 29.3 Å². The SMILES string of the molecule is CCC[N+]1(C(=O)C(=O)C(C)(C)CC)CCC(c2cnc3ccccc3c2)[C@H]1C(=O)[O-]. The molecule has 0 radical (unpaired) electrons. The van der Waals surface area contributed by atoms with Crippen LogP contribution in [0.15, 0.2) is 36.5 Å². The van der Waals surface area contributed by atoms with Gasteiger partial charge >= 0.3 is 5.91 Å². The number of nitrogens with zero attached hydrogens (tertiary/aromatic N) is 2. The molecule has 1 fully saturated rings. The zero-order chi connectivity index (χ0) is 22.1. The van der Waals surface area contributed by atoms with Crippen LogP contribution in [0.1, 0.15) is 58.4 Å². The molecule has 1 aliphatic rings. The van der Waals surface area contributed by atoms with Crippen LogP contribution < -0.4 is 5.11 Å². The fraction of sp³-hybridized carbons (Fsp3) is 0.500. The van der Waals surface area contributed by atoms with Crippen molar-refractivity contribution < 1.29 is 24.0 Å². The molecule has 3 atom stereocenters. The first-order valence-corrected chi connectivity index (χ1v) is 10.7. The van der Waals surface area contributed by atoms with Crippen LogP contribution in [-0.4, -0.2) is 46.3 Å². The van der Waals surface area contributed by atoms with E-state index in [4.69, 9.17) is 0 Å². The molecule has 1 amide bonds. The number of ketones is 1. The first-order valence-electron chi connectivity index (χ1n) is 10.7. The maximum atomic E-state index is 13.5. The summed E-state index contributed by atoms with van der Waals surface area (Å²) in [5.74, 6) is -2.81. The second kappa shape index (κ2) is 8.26. The molecule has 1 saturated heterocycles. The number of pyridine rings is 1. The summed E-state index contributed by atoms with van der Waals surface area (Å²) in [5.41, 5.74) is 0.776. The Morgan fingerprint density at radius 2 is 1.90 bits per heavy atom. The zero-order valence-corrected chi connectivity index (χ0v) is 18.2. The number of carboxylic acids is 1. The molecular formula is C24H30N2O4. The van der Waals surface area contributed by atoms with Crippen LogP contribution in [0.3, 0.4) is 0 Å². The summed E-state index contributed by atoms with van der Waals surface area (Å²) in [5, 5.41) is 13.3. The van der Waals surface area contributed by atoms with Crippen molar-refractivity contribution >= 4 is 28.6 Å². The maximum absolute atomic E-state index is 13.5. The standard InChI is InChI=1S/C24H30N2O4/c1-5-12-26(22(28)21(27)24(3,4)6-2)13-11-18(20(26)23(29)30)17-14-16-9-7-8-10-19(16)25-15-17/h7-10,14-15,18,20H,5-6,11-13H2,1-4H3/t18?,20-,26?/m0/s1. The number of likely N-dealkylation sites (tertiary alicyclic amines) is 1. The Labute approximate surface area is 177 Å². The summed E-state index contributed by atoms with van der Waals surface area (Å²) in [6.45, 7) is 7.86. The number of benzene rings is 1. The number of carbonyl (C=O) groups excluding carboxylic acids is 3. The third-order valence-corrected chi connectivity index (χ3v) is 6.75. The molecule has 1 aromatic heterocycles. The highest BCUT2D eigenvalue weighted by atomic mass is 16.4. The van der Waals surface area contributed by atoms with Gasteiger partial charge in [-0.1, -0.05) is 45.9 Å². The first kappa shape index (κ1) is 22.1. The molecule has 2 aromatic rings. The third-order valence-electron chi connectivity index (χ3n) is 6.75. The minimum absolute atomic E-state index is 0.306. The van der Waals surface area contributed by atoms with E-state index in [9.17, 15) is 19.5 Å². The maximum Gasteiger partial charge on any atom is 0.382 e. The normalized spacial score (nSPS) is 24.1. The van der Waals surface area contributed by atoms with Crippen molar-refractivity contribution in [2.75, 3.05) is 13.1 Å². The Hall–Kier alpha value is -2.60. The highest BCUT2D eigenvalue weighted by molar-refractivity contribution is 6.35. The van der Waals surface area contributed by atoms with Gasteiger partial charge in [0.15, 0.2) is 0 Å². The van der Waals surface area contributed by atoms with Gasteiger partial charge in [0.25, 0.3) is 5.78 Å². The molecule has 2 heterocycles. The van der Waals surface area contributed by atoms with E-state index >= 15 is 0 Å². The van der Waals surface area contributed by atoms with Crippen LogP contribution in [0.5, 0.6) is 0 Å². The topological polar surface area (TPSA) is 87.2 Å². The van der Waals surface area contributed by atoms with Crippen molar-refractivity contribution in [3.63, 3.8) is 0 Å². The lowest BCUT2D eigenvalue weighted by atomic mass is 9.83. The smallest absolute Gasteiger partial charge is 0.382 e. The molecule has 6 nitrogen and oxygen atoms in total. The van der Waals surface area contributed by atoms with Gasteiger partial charge in [0.1, 0.15) is 12.0 Å². The molecule has 1 aromatic carbocycles. The van der Waals surface area contributed by atoms with Crippen molar-refractivity contribution in [3.8, 4) is 0 Å². The predicted octanol–water partition coefficient (Wildman–Crippen LogP) is 2.60. The molecule has 0 saturated carbocycles. The lowest BCUT2D eigenvalue weighted by Gasteiger charge is -2.40. The number of aromatic nitrogens is 1. The van der Waals surface area contributed by atoms with Gasteiger partial charge in [-0.05, 0) is 30.5 Å². The van der Waals surface area contributed by atoms with E-state index in [1.54, 1.807) is 20.0 Å². The van der Waals surface area contributed by atoms with E-state index in [2.05, 4.69) is 4.98 Å². The fourth-order valence-electron chi connectivity index (χ4n) is 4.65. The van der Waals surface area contributed by atoms with Crippen LogP contribution in [0.4, 0.5) is 0 Å². The van der Waals surface area contributed by atoms with Crippen molar-refractivity contribution in [1.29, 1.82) is 0 Å². The van der Waals surface area contributed by atoms with Crippen molar-refractivity contribution in [1.82, 2.24) is 4.98 Å². The molecule has 0 bridgehead atoms. The number of fused-ring (bicyclic) bond motifs is 1. The lowest BCUT2D eigenvalue weighted by Crippen LogP contribution is -2.65. The van der Waals surface area contributed by atoms with E-state index in [0.29, 0.717) is 32.4 Å². The second-order valence-electron chi connectivity index (χ2n) is 8.97. The number of quaternary nitrogens is 1. The Bertz CT molecular complexity index is 984. The van der Waals surface area contributed by atoms with Gasteiger partial charge < -0.3 is 9.90 Å². The van der Waals surface area contributed by atoms with Crippen molar-refractivity contribution in [3.05, 3.63) is 42.1 Å². The van der Waals surface area contributed by atoms with Crippen LogP contribution in [0.25, 0.3) is 10.9 Å². The molecule has 0 spiro atoms. The van der Waals surface area contributed by atoms with Crippen molar-refractivity contribution in [2.24, 2.45) is 5.41 Å². The second-order valence-corrected chi connectivity index (χ2v) is 8.97. The summed E-state index contributed by atoms with van der Waals surface area (Å²) in [7, 11) is 0. The molecular weight excluding hydrogens is 380 g/mol. The van der Waals surface area contributed by atoms with E-state index in [0.717, 1.165) is 16.5 Å². The Morgan fingerprint density at radius 1 is 1.20 bits per heavy atom. The van der Waals surface area contributed by atoms with Crippen LogP contribution >= 0.6 is 0 Å². The highest BCUT2D eigenvalue weighted by Crippen LogP contribution is 2.41. The van der Waals surface area contributed by atoms with E-state index in [1.165, 1.54) is 0 Å². The summed E-state index contributed by atoms with van der Waals surface area (Å²) >= 11 is 0. The van der Waals surface area contributed by atoms with Crippen LogP contribution in [0.2, 0.25) is 0 Å². The van der Waals surface area contributed by atoms with E-state index in [-0.39, 0.29) is 4.48 Å². The number of amides is 1. The van der Waals surface area contributed by atoms with Gasteiger partial charge in [-0.3, -0.25) is 9.78 Å². The predicted molar refractivity (Wildman–Crippen MR) is 112 cm³/mol. The number of hydrogen-bond donors (Lipinski definition) is 0. The van der Waals surface area contributed by atoms with Gasteiger partial charge in [-0.15, -0.1) is 0 Å². The molecule has 160 valence electrons. The Balaban J connectivity index is 2.07. The molecule has 0 N–H and O–H groups in total. The molecule has 6 heteroatoms. The quantitative estimate of drug-likeness (QED) is 0.517. The average Bonchev–Trinajstić information content (AvgIpc) is 3.13. The van der Waals surface area contributed by atoms with Crippen molar-refractivity contribution in [2.45, 2.75) is 58.9 Å². The summed E-state index contributed by atoms with van der Waals surface area (Å²) in [4.78, 5) is 43.4. The first-order chi connectivity index (χ1) is 14.2. The number of rotatable bonds is 7. The van der Waals surface area contributed by atoms with Gasteiger partial charge in [0.05, 0.1) is 18.6 Å². The molecule has 1 aliphatic heterocycles. The Kier molecular flexibility index (Phi) is 6.09. The van der Waals surface area contributed by atoms with Gasteiger partial charge in [-0.25, -0.2) is 9.28 Å². The highest BCUT2D eigenvalue weighted by Gasteiger charge is 2.57. The molecule has 3 rings (SSSR count). The van der Waals surface area contributed by atoms with Crippen LogP contribution in [0, 0.1) is 5.41 Å². The zero-order valence-electron chi connectivity index (χ0n) is 18.2. The number of aliphatic carboxylic acids is 1. The van der Waals surface area contributed by atoms with E-state index < -0.39 is 35.0 Å². The molecule has 2 unspecified atom stereocenters. The van der Waals surface area contributed by atoms with Crippen LogP contribution in [-0.2, 0) is 14.4 Å². The summed E-state index contributed by atoms with van der Waals surface area (Å²) < 4.78 is -0.363. The third kappa shape index (κ3) is 3.65. The number of Topliss-reactive ketones (excluding diaryl/α,β-unsaturated/α-hetero) is 1. The minimum atomic E-state index is -1.28. The summed E-state index contributed by atoms with van der Waals surface area (Å²) in [6.07, 6.45) is 3.29. The average molecular weight is 411 g/mol.